The highest BCUT2D eigenvalue weighted by atomic mass is 15.3. The Morgan fingerprint density at radius 1 is 1.53 bits per heavy atom. The lowest BCUT2D eigenvalue weighted by molar-refractivity contribution is 0.354. The second-order valence-corrected chi connectivity index (χ2v) is 5.49. The molecule has 84 valence electrons. The number of aromatic nitrogens is 2. The molecule has 1 fully saturated rings. The molecule has 1 N–H and O–H groups in total. The van der Waals surface area contributed by atoms with Crippen molar-refractivity contribution in [2.75, 3.05) is 13.1 Å². The van der Waals surface area contributed by atoms with E-state index in [-0.39, 0.29) is 0 Å². The summed E-state index contributed by atoms with van der Waals surface area (Å²) in [5.41, 5.74) is 1.56. The van der Waals surface area contributed by atoms with Crippen LogP contribution < -0.4 is 5.32 Å². The van der Waals surface area contributed by atoms with Crippen LogP contribution in [0.2, 0.25) is 0 Å². The molecule has 1 aliphatic heterocycles. The van der Waals surface area contributed by atoms with E-state index in [9.17, 15) is 0 Å². The van der Waals surface area contributed by atoms with Gasteiger partial charge in [0.2, 0.25) is 0 Å². The molecule has 0 spiro atoms. The van der Waals surface area contributed by atoms with Gasteiger partial charge in [-0.1, -0.05) is 13.8 Å². The van der Waals surface area contributed by atoms with Crippen molar-refractivity contribution in [2.45, 2.75) is 39.7 Å². The molecule has 1 aromatic rings. The van der Waals surface area contributed by atoms with Crippen LogP contribution in [0.4, 0.5) is 0 Å². The van der Waals surface area contributed by atoms with Crippen LogP contribution in [-0.2, 0) is 0 Å². The molecule has 0 aliphatic carbocycles. The molecule has 0 saturated carbocycles. The lowest BCUT2D eigenvalue weighted by atomic mass is 9.80. The van der Waals surface area contributed by atoms with E-state index in [2.05, 4.69) is 50.4 Å². The minimum absolute atomic E-state index is 0.330. The summed E-state index contributed by atoms with van der Waals surface area (Å²) in [6, 6.07) is 2.62. The van der Waals surface area contributed by atoms with Crippen LogP contribution in [0.15, 0.2) is 12.3 Å². The first-order chi connectivity index (χ1) is 7.00. The molecule has 2 rings (SSSR count). The van der Waals surface area contributed by atoms with Gasteiger partial charge >= 0.3 is 0 Å². The summed E-state index contributed by atoms with van der Waals surface area (Å²) in [7, 11) is 0. The van der Waals surface area contributed by atoms with Crippen molar-refractivity contribution in [3.8, 4) is 0 Å². The fourth-order valence-electron chi connectivity index (χ4n) is 2.27. The zero-order valence-corrected chi connectivity index (χ0v) is 10.1. The van der Waals surface area contributed by atoms with Crippen molar-refractivity contribution in [3.05, 3.63) is 18.0 Å². The lowest BCUT2D eigenvalue weighted by Gasteiger charge is -2.23. The van der Waals surface area contributed by atoms with Crippen LogP contribution in [0, 0.1) is 5.41 Å². The summed E-state index contributed by atoms with van der Waals surface area (Å²) < 4.78 is 2.05. The summed E-state index contributed by atoms with van der Waals surface area (Å²) in [5.74, 6) is 0.553. The van der Waals surface area contributed by atoms with Gasteiger partial charge in [-0.05, 0) is 25.3 Å². The Hall–Kier alpha value is -0.830. The van der Waals surface area contributed by atoms with Crippen LogP contribution in [-0.4, -0.2) is 22.9 Å². The highest BCUT2D eigenvalue weighted by Crippen LogP contribution is 2.37. The summed E-state index contributed by atoms with van der Waals surface area (Å²) >= 11 is 0. The third kappa shape index (κ3) is 1.93. The van der Waals surface area contributed by atoms with E-state index >= 15 is 0 Å². The molecule has 0 radical (unpaired) electrons. The lowest BCUT2D eigenvalue weighted by Crippen LogP contribution is -2.21. The van der Waals surface area contributed by atoms with Crippen LogP contribution in [0.5, 0.6) is 0 Å². The Morgan fingerprint density at radius 2 is 2.27 bits per heavy atom. The number of nitrogens with one attached hydrogen (secondary N) is 1. The highest BCUT2D eigenvalue weighted by Gasteiger charge is 2.36. The molecule has 2 heterocycles. The highest BCUT2D eigenvalue weighted by molar-refractivity contribution is 5.14. The SMILES string of the molecule is CC(C)n1ccc([C@H]2CNCC2(C)C)n1. The molecule has 1 aromatic heterocycles. The molecule has 3 nitrogen and oxygen atoms in total. The standard InChI is InChI=1S/C12H21N3/c1-9(2)15-6-5-11(14-15)10-7-13-8-12(10,3)4/h5-6,9-10,13H,7-8H2,1-4H3/t10-/m1/s1. The molecule has 15 heavy (non-hydrogen) atoms. The maximum Gasteiger partial charge on any atom is 0.0674 e. The minimum Gasteiger partial charge on any atom is -0.315 e. The number of hydrogen-bond donors (Lipinski definition) is 1. The van der Waals surface area contributed by atoms with E-state index in [4.69, 9.17) is 0 Å². The molecular formula is C12H21N3. The van der Waals surface area contributed by atoms with Crippen molar-refractivity contribution in [3.63, 3.8) is 0 Å². The first-order valence-corrected chi connectivity index (χ1v) is 5.76. The quantitative estimate of drug-likeness (QED) is 0.805. The summed E-state index contributed by atoms with van der Waals surface area (Å²) in [4.78, 5) is 0. The smallest absolute Gasteiger partial charge is 0.0674 e. The fourth-order valence-corrected chi connectivity index (χ4v) is 2.27. The Balaban J connectivity index is 2.22. The Kier molecular flexibility index (Phi) is 2.59. The fraction of sp³-hybridized carbons (Fsp3) is 0.750. The normalized spacial score (nSPS) is 25.0. The maximum absolute atomic E-state index is 4.66. The van der Waals surface area contributed by atoms with E-state index in [0.29, 0.717) is 17.4 Å². The van der Waals surface area contributed by atoms with Gasteiger partial charge in [0.1, 0.15) is 0 Å². The number of hydrogen-bond acceptors (Lipinski definition) is 2. The molecule has 0 amide bonds. The zero-order chi connectivity index (χ0) is 11.1. The van der Waals surface area contributed by atoms with Gasteiger partial charge in [-0.15, -0.1) is 0 Å². The topological polar surface area (TPSA) is 29.9 Å². The molecule has 1 aliphatic rings. The van der Waals surface area contributed by atoms with Crippen LogP contribution in [0.25, 0.3) is 0 Å². The van der Waals surface area contributed by atoms with Crippen molar-refractivity contribution in [1.29, 1.82) is 0 Å². The third-order valence-electron chi connectivity index (χ3n) is 3.39. The molecule has 0 aromatic carbocycles. The molecule has 0 unspecified atom stereocenters. The van der Waals surface area contributed by atoms with Crippen LogP contribution in [0.1, 0.15) is 45.3 Å². The van der Waals surface area contributed by atoms with Crippen molar-refractivity contribution >= 4 is 0 Å². The first kappa shape index (κ1) is 10.7. The van der Waals surface area contributed by atoms with Gasteiger partial charge in [0.15, 0.2) is 0 Å². The molecule has 1 atom stereocenters. The van der Waals surface area contributed by atoms with Gasteiger partial charge in [0.25, 0.3) is 0 Å². The first-order valence-electron chi connectivity index (χ1n) is 5.76. The monoisotopic (exact) mass is 207 g/mol. The second-order valence-electron chi connectivity index (χ2n) is 5.49. The predicted molar refractivity (Wildman–Crippen MR) is 62.0 cm³/mol. The van der Waals surface area contributed by atoms with Crippen molar-refractivity contribution in [2.24, 2.45) is 5.41 Å². The summed E-state index contributed by atoms with van der Waals surface area (Å²) in [6.45, 7) is 11.1. The van der Waals surface area contributed by atoms with Crippen LogP contribution >= 0.6 is 0 Å². The molecular weight excluding hydrogens is 186 g/mol. The summed E-state index contributed by atoms with van der Waals surface area (Å²) in [6.07, 6.45) is 2.09. The average molecular weight is 207 g/mol. The van der Waals surface area contributed by atoms with Gasteiger partial charge in [-0.2, -0.15) is 5.10 Å². The second kappa shape index (κ2) is 3.63. The van der Waals surface area contributed by atoms with Crippen molar-refractivity contribution < 1.29 is 0 Å². The van der Waals surface area contributed by atoms with E-state index in [1.165, 1.54) is 5.69 Å². The van der Waals surface area contributed by atoms with E-state index in [1.807, 2.05) is 4.68 Å². The Morgan fingerprint density at radius 3 is 2.73 bits per heavy atom. The summed E-state index contributed by atoms with van der Waals surface area (Å²) in [5, 5.41) is 8.11. The van der Waals surface area contributed by atoms with Crippen LogP contribution in [0.3, 0.4) is 0 Å². The largest absolute Gasteiger partial charge is 0.315 e. The third-order valence-corrected chi connectivity index (χ3v) is 3.39. The van der Waals surface area contributed by atoms with Gasteiger partial charge < -0.3 is 5.32 Å². The molecule has 0 bridgehead atoms. The van der Waals surface area contributed by atoms with Gasteiger partial charge in [0.05, 0.1) is 5.69 Å². The maximum atomic E-state index is 4.66. The average Bonchev–Trinajstić information content (AvgIpc) is 2.69. The van der Waals surface area contributed by atoms with Gasteiger partial charge in [0, 0.05) is 31.2 Å². The zero-order valence-electron chi connectivity index (χ0n) is 10.1. The molecule has 3 heteroatoms. The Labute approximate surface area is 91.9 Å². The van der Waals surface area contributed by atoms with Gasteiger partial charge in [-0.25, -0.2) is 0 Å². The molecule has 1 saturated heterocycles. The van der Waals surface area contributed by atoms with Gasteiger partial charge in [-0.3, -0.25) is 4.68 Å². The minimum atomic E-state index is 0.330. The number of nitrogens with zero attached hydrogens (tertiary/aromatic N) is 2. The van der Waals surface area contributed by atoms with E-state index in [1.54, 1.807) is 0 Å². The van der Waals surface area contributed by atoms with Crippen molar-refractivity contribution in [1.82, 2.24) is 15.1 Å². The number of rotatable bonds is 2. The Bertz CT molecular complexity index is 338. The van der Waals surface area contributed by atoms with E-state index < -0.39 is 0 Å². The predicted octanol–water partition coefficient (Wildman–Crippen LogP) is 2.18. The van der Waals surface area contributed by atoms with E-state index in [0.717, 1.165) is 13.1 Å².